The zero-order valence-electron chi connectivity index (χ0n) is 13.3. The van der Waals surface area contributed by atoms with Gasteiger partial charge in [0.2, 0.25) is 15.9 Å². The van der Waals surface area contributed by atoms with Crippen LogP contribution in [-0.2, 0) is 14.8 Å². The van der Waals surface area contributed by atoms with Crippen LogP contribution in [0.1, 0.15) is 25.7 Å². The van der Waals surface area contributed by atoms with Crippen molar-refractivity contribution in [1.82, 2.24) is 4.72 Å². The molecule has 2 unspecified atom stereocenters. The summed E-state index contributed by atoms with van der Waals surface area (Å²) in [4.78, 5) is 11.9. The fourth-order valence-corrected chi connectivity index (χ4v) is 3.70. The number of hydrogen-bond acceptors (Lipinski definition) is 4. The van der Waals surface area contributed by atoms with Crippen LogP contribution in [0.25, 0.3) is 0 Å². The molecule has 1 aromatic carbocycles. The van der Waals surface area contributed by atoms with Gasteiger partial charge < -0.3 is 11.1 Å². The van der Waals surface area contributed by atoms with Crippen molar-refractivity contribution in [2.45, 2.75) is 42.8 Å². The summed E-state index contributed by atoms with van der Waals surface area (Å²) in [5.41, 5.74) is 6.22. The normalized spacial score (nSPS) is 21.8. The van der Waals surface area contributed by atoms with Crippen molar-refractivity contribution in [3.8, 4) is 0 Å². The lowest BCUT2D eigenvalue weighted by molar-refractivity contribution is -0.122. The molecule has 4 N–H and O–H groups in total. The van der Waals surface area contributed by atoms with E-state index in [9.17, 15) is 26.4 Å². The minimum atomic E-state index is -4.64. The van der Waals surface area contributed by atoms with Crippen LogP contribution in [0.2, 0.25) is 0 Å². The minimum absolute atomic E-state index is 0.00303. The molecule has 0 heterocycles. The molecule has 0 aromatic heterocycles. The molecule has 1 saturated carbocycles. The van der Waals surface area contributed by atoms with Crippen molar-refractivity contribution in [3.05, 3.63) is 24.3 Å². The highest BCUT2D eigenvalue weighted by Gasteiger charge is 2.30. The summed E-state index contributed by atoms with van der Waals surface area (Å²) >= 11 is 0. The number of nitrogens with one attached hydrogen (secondary N) is 2. The van der Waals surface area contributed by atoms with Crippen molar-refractivity contribution in [3.63, 3.8) is 0 Å². The van der Waals surface area contributed by atoms with Gasteiger partial charge in [0.05, 0.1) is 4.90 Å². The van der Waals surface area contributed by atoms with Crippen LogP contribution in [-0.4, -0.2) is 33.1 Å². The second kappa shape index (κ2) is 7.71. The van der Waals surface area contributed by atoms with E-state index in [0.717, 1.165) is 31.4 Å². The van der Waals surface area contributed by atoms with Gasteiger partial charge in [-0.05, 0) is 43.5 Å². The molecule has 0 aliphatic heterocycles. The summed E-state index contributed by atoms with van der Waals surface area (Å²) in [6, 6.07) is 4.95. The zero-order chi connectivity index (χ0) is 18.7. The number of alkyl halides is 3. The average Bonchev–Trinajstić information content (AvgIpc) is 2.53. The number of halogens is 3. The van der Waals surface area contributed by atoms with E-state index in [1.807, 2.05) is 0 Å². The third kappa shape index (κ3) is 5.98. The van der Waals surface area contributed by atoms with Gasteiger partial charge in [-0.1, -0.05) is 6.42 Å². The van der Waals surface area contributed by atoms with Gasteiger partial charge in [0, 0.05) is 17.6 Å². The smallest absolute Gasteiger partial charge is 0.328 e. The van der Waals surface area contributed by atoms with Gasteiger partial charge in [0.25, 0.3) is 0 Å². The van der Waals surface area contributed by atoms with Crippen LogP contribution in [0.4, 0.5) is 18.9 Å². The predicted molar refractivity (Wildman–Crippen MR) is 86.2 cm³/mol. The highest BCUT2D eigenvalue weighted by Crippen LogP contribution is 2.25. The molecule has 1 aromatic rings. The molecule has 1 aliphatic rings. The predicted octanol–water partition coefficient (Wildman–Crippen LogP) is 1.98. The van der Waals surface area contributed by atoms with Crippen LogP contribution in [0.3, 0.4) is 0 Å². The number of nitrogens with two attached hydrogens (primary N) is 1. The topological polar surface area (TPSA) is 101 Å². The Kier molecular flexibility index (Phi) is 6.07. The van der Waals surface area contributed by atoms with Gasteiger partial charge in [-0.15, -0.1) is 0 Å². The summed E-state index contributed by atoms with van der Waals surface area (Å²) in [7, 11) is -4.27. The third-order valence-corrected chi connectivity index (χ3v) is 5.40. The first-order chi connectivity index (χ1) is 11.6. The first-order valence-electron chi connectivity index (χ1n) is 7.80. The number of carbonyl (C=O) groups is 1. The molecular formula is C15H20F3N3O3S. The highest BCUT2D eigenvalue weighted by molar-refractivity contribution is 7.89. The lowest BCUT2D eigenvalue weighted by atomic mass is 9.85. The number of hydrogen-bond donors (Lipinski definition) is 3. The summed E-state index contributed by atoms with van der Waals surface area (Å²) in [6.45, 7) is -1.64. The highest BCUT2D eigenvalue weighted by atomic mass is 32.2. The second-order valence-corrected chi connectivity index (χ2v) is 7.84. The van der Waals surface area contributed by atoms with Gasteiger partial charge in [-0.25, -0.2) is 13.1 Å². The molecule has 0 bridgehead atoms. The van der Waals surface area contributed by atoms with Crippen LogP contribution in [0.15, 0.2) is 29.2 Å². The van der Waals surface area contributed by atoms with Crippen molar-refractivity contribution < 1.29 is 26.4 Å². The first kappa shape index (κ1) is 19.7. The number of anilines is 1. The fraction of sp³-hybridized carbons (Fsp3) is 0.533. The molecule has 1 fully saturated rings. The van der Waals surface area contributed by atoms with E-state index in [-0.39, 0.29) is 22.8 Å². The molecule has 1 amide bonds. The Morgan fingerprint density at radius 2 is 1.84 bits per heavy atom. The Bertz CT molecular complexity index is 705. The zero-order valence-corrected chi connectivity index (χ0v) is 14.2. The fourth-order valence-electron chi connectivity index (χ4n) is 2.69. The van der Waals surface area contributed by atoms with Crippen LogP contribution < -0.4 is 15.8 Å². The number of carbonyl (C=O) groups excluding carboxylic acids is 1. The van der Waals surface area contributed by atoms with E-state index < -0.39 is 22.7 Å². The molecule has 2 atom stereocenters. The van der Waals surface area contributed by atoms with E-state index in [4.69, 9.17) is 5.73 Å². The van der Waals surface area contributed by atoms with E-state index in [2.05, 4.69) is 5.32 Å². The van der Waals surface area contributed by atoms with Gasteiger partial charge in [0.1, 0.15) is 6.54 Å². The lowest BCUT2D eigenvalue weighted by Crippen LogP contribution is -2.34. The molecule has 0 radical (unpaired) electrons. The summed E-state index contributed by atoms with van der Waals surface area (Å²) in [5, 5.41) is 2.68. The Balaban J connectivity index is 1.98. The first-order valence-corrected chi connectivity index (χ1v) is 9.28. The standard InChI is InChI=1S/C15H20F3N3O3S/c16-15(17,18)9-20-25(23,24)13-6-4-12(5-7-13)21-14(22)10-2-1-3-11(19)8-10/h4-7,10-11,20H,1-3,8-9,19H2,(H,21,22). The van der Waals surface area contributed by atoms with Crippen LogP contribution in [0, 0.1) is 5.92 Å². The van der Waals surface area contributed by atoms with E-state index in [1.54, 1.807) is 0 Å². The number of amides is 1. The SMILES string of the molecule is NC1CCCC(C(=O)Nc2ccc(S(=O)(=O)NCC(F)(F)F)cc2)C1. The number of sulfonamides is 1. The second-order valence-electron chi connectivity index (χ2n) is 6.08. The summed E-state index contributed by atoms with van der Waals surface area (Å²) < 4.78 is 61.4. The summed E-state index contributed by atoms with van der Waals surface area (Å²) in [6.07, 6.45) is -1.53. The number of rotatable bonds is 5. The van der Waals surface area contributed by atoms with Crippen molar-refractivity contribution in [1.29, 1.82) is 0 Å². The average molecular weight is 379 g/mol. The molecule has 2 rings (SSSR count). The van der Waals surface area contributed by atoms with Gasteiger partial charge in [-0.3, -0.25) is 4.79 Å². The molecule has 0 saturated heterocycles. The largest absolute Gasteiger partial charge is 0.402 e. The maximum atomic E-state index is 12.2. The molecule has 1 aliphatic carbocycles. The minimum Gasteiger partial charge on any atom is -0.328 e. The number of benzene rings is 1. The van der Waals surface area contributed by atoms with Crippen molar-refractivity contribution in [2.24, 2.45) is 11.7 Å². The van der Waals surface area contributed by atoms with Crippen LogP contribution in [0.5, 0.6) is 0 Å². The molecule has 6 nitrogen and oxygen atoms in total. The van der Waals surface area contributed by atoms with E-state index in [0.29, 0.717) is 12.1 Å². The van der Waals surface area contributed by atoms with Crippen molar-refractivity contribution >= 4 is 21.6 Å². The summed E-state index contributed by atoms with van der Waals surface area (Å²) in [5.74, 6) is -0.387. The quantitative estimate of drug-likeness (QED) is 0.728. The van der Waals surface area contributed by atoms with E-state index in [1.165, 1.54) is 16.9 Å². The molecule has 140 valence electrons. The molecule has 10 heteroatoms. The lowest BCUT2D eigenvalue weighted by Gasteiger charge is -2.25. The Hall–Kier alpha value is -1.65. The maximum Gasteiger partial charge on any atom is 0.402 e. The Labute approximate surface area is 144 Å². The van der Waals surface area contributed by atoms with Gasteiger partial charge in [0.15, 0.2) is 0 Å². The maximum absolute atomic E-state index is 12.2. The monoisotopic (exact) mass is 379 g/mol. The Morgan fingerprint density at radius 1 is 1.20 bits per heavy atom. The third-order valence-electron chi connectivity index (χ3n) is 3.98. The van der Waals surface area contributed by atoms with Gasteiger partial charge in [-0.2, -0.15) is 13.2 Å². The molecular weight excluding hydrogens is 359 g/mol. The molecule has 25 heavy (non-hydrogen) atoms. The van der Waals surface area contributed by atoms with Crippen LogP contribution >= 0.6 is 0 Å². The molecule has 0 spiro atoms. The van der Waals surface area contributed by atoms with Gasteiger partial charge >= 0.3 is 6.18 Å². The Morgan fingerprint density at radius 3 is 2.40 bits per heavy atom. The van der Waals surface area contributed by atoms with E-state index >= 15 is 0 Å². The van der Waals surface area contributed by atoms with Crippen molar-refractivity contribution in [2.75, 3.05) is 11.9 Å².